The van der Waals surface area contributed by atoms with Crippen LogP contribution in [0.1, 0.15) is 30.0 Å². The lowest BCUT2D eigenvalue weighted by molar-refractivity contribution is 0.179. The highest BCUT2D eigenvalue weighted by atomic mass is 19.1. The number of halogens is 1. The number of fused-ring (bicyclic) bond motifs is 1. The van der Waals surface area contributed by atoms with Gasteiger partial charge in [-0.25, -0.2) is 9.18 Å². The Morgan fingerprint density at radius 1 is 1.07 bits per heavy atom. The number of nitrogens with one attached hydrogen (secondary N) is 1. The SMILES string of the molecule is O=C(NC[C@H](c1ccccc1F)N1CCCC1)N1CCOc2ccccc2C1. The highest BCUT2D eigenvalue weighted by Crippen LogP contribution is 2.27. The van der Waals surface area contributed by atoms with Gasteiger partial charge in [0, 0.05) is 17.7 Å². The predicted molar refractivity (Wildman–Crippen MR) is 106 cm³/mol. The number of carbonyl (C=O) groups is 1. The van der Waals surface area contributed by atoms with Crippen molar-refractivity contribution in [3.8, 4) is 5.75 Å². The summed E-state index contributed by atoms with van der Waals surface area (Å²) < 4.78 is 20.2. The third kappa shape index (κ3) is 4.12. The smallest absolute Gasteiger partial charge is 0.317 e. The van der Waals surface area contributed by atoms with Crippen molar-refractivity contribution in [2.45, 2.75) is 25.4 Å². The predicted octanol–water partition coefficient (Wildman–Crippen LogP) is 3.57. The molecule has 2 aromatic carbocycles. The average molecular weight is 383 g/mol. The molecule has 0 aromatic heterocycles. The van der Waals surface area contributed by atoms with Crippen LogP contribution in [0.15, 0.2) is 48.5 Å². The summed E-state index contributed by atoms with van der Waals surface area (Å²) in [4.78, 5) is 16.9. The Bertz CT molecular complexity index is 823. The standard InChI is InChI=1S/C22H26FN3O2/c23-19-9-3-2-8-18(19)20(25-11-5-6-12-25)15-24-22(27)26-13-14-28-21-10-4-1-7-17(21)16-26/h1-4,7-10,20H,5-6,11-16H2,(H,24,27)/t20-/m1/s1. The maximum atomic E-state index is 14.4. The first-order valence-electron chi connectivity index (χ1n) is 9.94. The molecular weight excluding hydrogens is 357 g/mol. The quantitative estimate of drug-likeness (QED) is 0.878. The van der Waals surface area contributed by atoms with Gasteiger partial charge in [0.25, 0.3) is 0 Å². The van der Waals surface area contributed by atoms with Crippen LogP contribution in [0, 0.1) is 5.82 Å². The molecule has 1 N–H and O–H groups in total. The van der Waals surface area contributed by atoms with E-state index in [2.05, 4.69) is 10.2 Å². The lowest BCUT2D eigenvalue weighted by Crippen LogP contribution is -2.44. The van der Waals surface area contributed by atoms with Crippen LogP contribution >= 0.6 is 0 Å². The fourth-order valence-corrected chi connectivity index (χ4v) is 4.03. The van der Waals surface area contributed by atoms with E-state index >= 15 is 0 Å². The Balaban J connectivity index is 1.45. The van der Waals surface area contributed by atoms with Crippen LogP contribution in [0.5, 0.6) is 5.75 Å². The summed E-state index contributed by atoms with van der Waals surface area (Å²) >= 11 is 0. The van der Waals surface area contributed by atoms with Crippen molar-refractivity contribution in [3.63, 3.8) is 0 Å². The zero-order valence-electron chi connectivity index (χ0n) is 15.9. The van der Waals surface area contributed by atoms with Gasteiger partial charge >= 0.3 is 6.03 Å². The van der Waals surface area contributed by atoms with Gasteiger partial charge in [0.05, 0.1) is 19.1 Å². The second-order valence-corrected chi connectivity index (χ2v) is 7.34. The number of carbonyl (C=O) groups excluding carboxylic acids is 1. The van der Waals surface area contributed by atoms with Crippen molar-refractivity contribution in [1.29, 1.82) is 0 Å². The molecule has 0 aliphatic carbocycles. The van der Waals surface area contributed by atoms with Crippen LogP contribution in [0.4, 0.5) is 9.18 Å². The number of nitrogens with zero attached hydrogens (tertiary/aromatic N) is 2. The summed E-state index contributed by atoms with van der Waals surface area (Å²) in [5.74, 6) is 0.616. The largest absolute Gasteiger partial charge is 0.491 e. The molecule has 2 heterocycles. The van der Waals surface area contributed by atoms with Crippen molar-refractivity contribution >= 4 is 6.03 Å². The van der Waals surface area contributed by atoms with Gasteiger partial charge in [-0.05, 0) is 38.1 Å². The molecule has 1 atom stereocenters. The molecular formula is C22H26FN3O2. The highest BCUT2D eigenvalue weighted by molar-refractivity contribution is 5.74. The molecule has 4 rings (SSSR count). The number of rotatable bonds is 4. The number of hydrogen-bond acceptors (Lipinski definition) is 3. The number of likely N-dealkylation sites (tertiary alicyclic amines) is 1. The summed E-state index contributed by atoms with van der Waals surface area (Å²) in [7, 11) is 0. The molecule has 0 saturated carbocycles. The fourth-order valence-electron chi connectivity index (χ4n) is 4.03. The van der Waals surface area contributed by atoms with E-state index in [1.54, 1.807) is 11.0 Å². The first kappa shape index (κ1) is 18.7. The number of amides is 2. The van der Waals surface area contributed by atoms with E-state index in [0.29, 0.717) is 31.8 Å². The number of benzene rings is 2. The van der Waals surface area contributed by atoms with E-state index in [-0.39, 0.29) is 17.9 Å². The Labute approximate surface area is 165 Å². The van der Waals surface area contributed by atoms with Crippen molar-refractivity contribution in [2.75, 3.05) is 32.8 Å². The fraction of sp³-hybridized carbons (Fsp3) is 0.409. The van der Waals surface area contributed by atoms with Crippen LogP contribution in [0.25, 0.3) is 0 Å². The zero-order valence-corrected chi connectivity index (χ0v) is 15.9. The van der Waals surface area contributed by atoms with Gasteiger partial charge in [-0.15, -0.1) is 0 Å². The molecule has 0 unspecified atom stereocenters. The number of ether oxygens (including phenoxy) is 1. The molecule has 0 spiro atoms. The van der Waals surface area contributed by atoms with Gasteiger partial charge in [-0.1, -0.05) is 36.4 Å². The molecule has 2 aliphatic rings. The third-order valence-electron chi connectivity index (χ3n) is 5.53. The molecule has 6 heteroatoms. The van der Waals surface area contributed by atoms with Crippen molar-refractivity contribution in [2.24, 2.45) is 0 Å². The van der Waals surface area contributed by atoms with E-state index in [1.807, 2.05) is 36.4 Å². The Morgan fingerprint density at radius 3 is 2.64 bits per heavy atom. The van der Waals surface area contributed by atoms with Crippen molar-refractivity contribution in [1.82, 2.24) is 15.1 Å². The molecule has 1 fully saturated rings. The van der Waals surface area contributed by atoms with E-state index < -0.39 is 0 Å². The van der Waals surface area contributed by atoms with Gasteiger partial charge in [0.15, 0.2) is 0 Å². The van der Waals surface area contributed by atoms with Crippen LogP contribution in [0.2, 0.25) is 0 Å². The Morgan fingerprint density at radius 2 is 1.82 bits per heavy atom. The topological polar surface area (TPSA) is 44.8 Å². The molecule has 1 saturated heterocycles. The summed E-state index contributed by atoms with van der Waals surface area (Å²) in [5.41, 5.74) is 1.65. The Kier molecular flexibility index (Phi) is 5.76. The molecule has 28 heavy (non-hydrogen) atoms. The molecule has 2 aromatic rings. The van der Waals surface area contributed by atoms with Crippen molar-refractivity contribution in [3.05, 3.63) is 65.5 Å². The molecule has 148 valence electrons. The molecule has 5 nitrogen and oxygen atoms in total. The van der Waals surface area contributed by atoms with Crippen molar-refractivity contribution < 1.29 is 13.9 Å². The van der Waals surface area contributed by atoms with Gasteiger partial charge < -0.3 is 15.0 Å². The summed E-state index contributed by atoms with van der Waals surface area (Å²) in [6, 6.07) is 14.4. The summed E-state index contributed by atoms with van der Waals surface area (Å²) in [5, 5.41) is 3.04. The zero-order chi connectivity index (χ0) is 19.3. The lowest BCUT2D eigenvalue weighted by Gasteiger charge is -2.29. The normalized spacial score (nSPS) is 18.1. The van der Waals surface area contributed by atoms with Crippen LogP contribution in [-0.2, 0) is 6.54 Å². The minimum atomic E-state index is -0.217. The molecule has 2 aliphatic heterocycles. The summed E-state index contributed by atoms with van der Waals surface area (Å²) in [6.07, 6.45) is 2.22. The maximum absolute atomic E-state index is 14.4. The van der Waals surface area contributed by atoms with Gasteiger partial charge in [0.1, 0.15) is 18.2 Å². The first-order chi connectivity index (χ1) is 13.7. The second kappa shape index (κ2) is 8.61. The van der Waals surface area contributed by atoms with E-state index in [4.69, 9.17) is 4.74 Å². The van der Waals surface area contributed by atoms with Gasteiger partial charge in [0.2, 0.25) is 0 Å². The van der Waals surface area contributed by atoms with Gasteiger partial charge in [-0.2, -0.15) is 0 Å². The molecule has 2 amide bonds. The van der Waals surface area contributed by atoms with E-state index in [9.17, 15) is 9.18 Å². The van der Waals surface area contributed by atoms with Crippen LogP contribution < -0.4 is 10.1 Å². The van der Waals surface area contributed by atoms with Gasteiger partial charge in [-0.3, -0.25) is 4.90 Å². The van der Waals surface area contributed by atoms with E-state index in [0.717, 1.165) is 37.2 Å². The monoisotopic (exact) mass is 383 g/mol. The second-order valence-electron chi connectivity index (χ2n) is 7.34. The maximum Gasteiger partial charge on any atom is 0.317 e. The lowest BCUT2D eigenvalue weighted by atomic mass is 10.0. The van der Waals surface area contributed by atoms with E-state index in [1.165, 1.54) is 6.07 Å². The number of para-hydroxylation sites is 1. The highest BCUT2D eigenvalue weighted by Gasteiger charge is 2.27. The number of hydrogen-bond donors (Lipinski definition) is 1. The average Bonchev–Trinajstić information content (AvgIpc) is 3.15. The number of urea groups is 1. The third-order valence-corrected chi connectivity index (χ3v) is 5.53. The van der Waals surface area contributed by atoms with Crippen LogP contribution in [-0.4, -0.2) is 48.6 Å². The molecule has 0 radical (unpaired) electrons. The molecule has 0 bridgehead atoms. The minimum Gasteiger partial charge on any atom is -0.491 e. The summed E-state index contributed by atoms with van der Waals surface area (Å²) in [6.45, 7) is 3.75. The first-order valence-corrected chi connectivity index (χ1v) is 9.94. The Hall–Kier alpha value is -2.60. The van der Waals surface area contributed by atoms with Crippen LogP contribution in [0.3, 0.4) is 0 Å². The minimum absolute atomic E-state index is 0.138.